The Balaban J connectivity index is 2.43. The normalized spacial score (nSPS) is 10.9. The third-order valence-corrected chi connectivity index (χ3v) is 5.35. The zero-order chi connectivity index (χ0) is 21.1. The van der Waals surface area contributed by atoms with E-state index in [4.69, 9.17) is 0 Å². The van der Waals surface area contributed by atoms with E-state index in [0.29, 0.717) is 0 Å². The van der Waals surface area contributed by atoms with Crippen molar-refractivity contribution in [3.8, 4) is 17.3 Å². The van der Waals surface area contributed by atoms with Gasteiger partial charge in [0, 0.05) is 18.7 Å². The second-order valence-corrected chi connectivity index (χ2v) is 7.75. The molecule has 0 aliphatic carbocycles. The van der Waals surface area contributed by atoms with E-state index in [1.165, 1.54) is 5.56 Å². The highest BCUT2D eigenvalue weighted by molar-refractivity contribution is 5.80. The molecule has 0 fully saturated rings. The van der Waals surface area contributed by atoms with Crippen LogP contribution in [0.3, 0.4) is 0 Å². The lowest BCUT2D eigenvalue weighted by molar-refractivity contribution is 0.745. The van der Waals surface area contributed by atoms with Crippen LogP contribution in [0.15, 0.2) is 41.2 Å². The molecule has 0 atom stereocenters. The molecule has 0 aliphatic heterocycles. The summed E-state index contributed by atoms with van der Waals surface area (Å²) in [4.78, 5) is 15.5. The van der Waals surface area contributed by atoms with Gasteiger partial charge in [-0.25, -0.2) is 0 Å². The summed E-state index contributed by atoms with van der Waals surface area (Å²) < 4.78 is 1.73. The summed E-state index contributed by atoms with van der Waals surface area (Å²) in [6.45, 7) is 12.3. The minimum Gasteiger partial charge on any atom is -0.370 e. The Morgan fingerprint density at radius 3 is 2.17 bits per heavy atom. The van der Waals surface area contributed by atoms with Gasteiger partial charge in [0.25, 0.3) is 5.56 Å². The number of hydrogen-bond donors (Lipinski definition) is 0. The molecule has 2 aromatic heterocycles. The molecule has 0 N–H and O–H groups in total. The Hall–Kier alpha value is -3.06. The van der Waals surface area contributed by atoms with Gasteiger partial charge in [-0.15, -0.1) is 0 Å². The molecule has 4 nitrogen and oxygen atoms in total. The fourth-order valence-corrected chi connectivity index (χ4v) is 4.33. The maximum absolute atomic E-state index is 13.3. The van der Waals surface area contributed by atoms with Gasteiger partial charge in [0.05, 0.1) is 16.9 Å². The van der Waals surface area contributed by atoms with Crippen LogP contribution in [-0.2, 0) is 0 Å². The molecule has 0 radical (unpaired) electrons. The minimum atomic E-state index is -0.255. The van der Waals surface area contributed by atoms with E-state index in [-0.39, 0.29) is 11.1 Å². The molecule has 1 aromatic carbocycles. The molecule has 4 heteroatoms. The van der Waals surface area contributed by atoms with Crippen molar-refractivity contribution in [3.05, 3.63) is 69.0 Å². The zero-order valence-corrected chi connectivity index (χ0v) is 18.0. The predicted octanol–water partition coefficient (Wildman–Crippen LogP) is 5.39. The van der Waals surface area contributed by atoms with Crippen LogP contribution in [0, 0.1) is 32.1 Å². The van der Waals surface area contributed by atoms with Crippen molar-refractivity contribution in [2.75, 3.05) is 18.0 Å². The lowest BCUT2D eigenvalue weighted by Crippen LogP contribution is -2.28. The van der Waals surface area contributed by atoms with Crippen LogP contribution >= 0.6 is 0 Å². The average molecular weight is 388 g/mol. The van der Waals surface area contributed by atoms with Gasteiger partial charge in [0.2, 0.25) is 0 Å². The molecule has 3 aromatic rings. The molecule has 0 spiro atoms. The first-order chi connectivity index (χ1) is 13.9. The molecule has 150 valence electrons. The van der Waals surface area contributed by atoms with Crippen molar-refractivity contribution in [2.24, 2.45) is 0 Å². The van der Waals surface area contributed by atoms with Gasteiger partial charge in [-0.1, -0.05) is 37.6 Å². The second-order valence-electron chi connectivity index (χ2n) is 7.75. The Morgan fingerprint density at radius 1 is 1.00 bits per heavy atom. The Labute approximate surface area is 173 Å². The number of aryl methyl sites for hydroxylation is 3. The highest BCUT2D eigenvalue weighted by atomic mass is 16.1. The second kappa shape index (κ2) is 8.53. The van der Waals surface area contributed by atoms with Crippen LogP contribution in [0.4, 0.5) is 5.69 Å². The quantitative estimate of drug-likeness (QED) is 0.570. The van der Waals surface area contributed by atoms with Crippen molar-refractivity contribution in [2.45, 2.75) is 47.5 Å². The van der Waals surface area contributed by atoms with Gasteiger partial charge in [-0.05, 0) is 62.9 Å². The maximum Gasteiger partial charge on any atom is 0.273 e. The molecular weight excluding hydrogens is 358 g/mol. The number of nitrogens with zero attached hydrogens (tertiary/aromatic N) is 3. The molecule has 0 bridgehead atoms. The standard InChI is InChI=1S/C25H29N3O/c1-6-11-27(12-7-2)23-15-20(16-26)25(29)28-21(23)9-8-10-22(28)24-18(4)13-17(3)14-19(24)5/h8-10,13-15H,6-7,11-12H2,1-5H3. The molecule has 0 unspecified atom stereocenters. The highest BCUT2D eigenvalue weighted by Gasteiger charge is 2.18. The Morgan fingerprint density at radius 2 is 1.62 bits per heavy atom. The summed E-state index contributed by atoms with van der Waals surface area (Å²) in [5.74, 6) is 0. The third-order valence-electron chi connectivity index (χ3n) is 5.35. The number of benzene rings is 1. The number of anilines is 1. The maximum atomic E-state index is 13.3. The van der Waals surface area contributed by atoms with Crippen molar-refractivity contribution in [3.63, 3.8) is 0 Å². The molecule has 0 saturated heterocycles. The number of pyridine rings is 2. The van der Waals surface area contributed by atoms with Crippen LogP contribution < -0.4 is 10.5 Å². The fraction of sp³-hybridized carbons (Fsp3) is 0.360. The highest BCUT2D eigenvalue weighted by Crippen LogP contribution is 2.31. The van der Waals surface area contributed by atoms with Gasteiger partial charge in [0.15, 0.2) is 0 Å². The number of aromatic nitrogens is 1. The van der Waals surface area contributed by atoms with Gasteiger partial charge in [-0.2, -0.15) is 5.26 Å². The summed E-state index contributed by atoms with van der Waals surface area (Å²) in [6, 6.07) is 14.1. The molecule has 0 amide bonds. The fourth-order valence-electron chi connectivity index (χ4n) is 4.33. The summed E-state index contributed by atoms with van der Waals surface area (Å²) in [5.41, 5.74) is 7.10. The molecule has 0 saturated carbocycles. The third kappa shape index (κ3) is 3.78. The predicted molar refractivity (Wildman–Crippen MR) is 121 cm³/mol. The smallest absolute Gasteiger partial charge is 0.273 e. The summed E-state index contributed by atoms with van der Waals surface area (Å²) in [6.07, 6.45) is 2.01. The van der Waals surface area contributed by atoms with Crippen molar-refractivity contribution in [1.82, 2.24) is 4.40 Å². The van der Waals surface area contributed by atoms with E-state index < -0.39 is 0 Å². The van der Waals surface area contributed by atoms with Crippen LogP contribution in [0.5, 0.6) is 0 Å². The van der Waals surface area contributed by atoms with E-state index in [0.717, 1.165) is 59.5 Å². The monoisotopic (exact) mass is 387 g/mol. The van der Waals surface area contributed by atoms with E-state index in [2.05, 4.69) is 57.7 Å². The number of hydrogen-bond acceptors (Lipinski definition) is 3. The summed E-state index contributed by atoms with van der Waals surface area (Å²) >= 11 is 0. The lowest BCUT2D eigenvalue weighted by Gasteiger charge is -2.26. The molecule has 0 aliphatic rings. The first kappa shape index (κ1) is 20.7. The number of rotatable bonds is 6. The Kier molecular flexibility index (Phi) is 6.08. The van der Waals surface area contributed by atoms with Crippen LogP contribution in [0.1, 0.15) is 48.9 Å². The number of fused-ring (bicyclic) bond motifs is 1. The van der Waals surface area contributed by atoms with Crippen molar-refractivity contribution < 1.29 is 0 Å². The van der Waals surface area contributed by atoms with Gasteiger partial charge < -0.3 is 4.90 Å². The minimum absolute atomic E-state index is 0.185. The topological polar surface area (TPSA) is 48.5 Å². The molecule has 2 heterocycles. The first-order valence-electron chi connectivity index (χ1n) is 10.3. The van der Waals surface area contributed by atoms with Gasteiger partial charge in [-0.3, -0.25) is 9.20 Å². The van der Waals surface area contributed by atoms with Crippen LogP contribution in [-0.4, -0.2) is 17.5 Å². The average Bonchev–Trinajstić information content (AvgIpc) is 2.67. The van der Waals surface area contributed by atoms with E-state index in [1.54, 1.807) is 10.5 Å². The van der Waals surface area contributed by atoms with Crippen molar-refractivity contribution >= 4 is 11.2 Å². The summed E-state index contributed by atoms with van der Waals surface area (Å²) in [5, 5.41) is 9.67. The van der Waals surface area contributed by atoms with Crippen LogP contribution in [0.2, 0.25) is 0 Å². The van der Waals surface area contributed by atoms with E-state index in [9.17, 15) is 10.1 Å². The zero-order valence-electron chi connectivity index (χ0n) is 18.0. The Bertz CT molecular complexity index is 1120. The lowest BCUT2D eigenvalue weighted by atomic mass is 9.96. The van der Waals surface area contributed by atoms with Gasteiger partial charge in [0.1, 0.15) is 11.6 Å². The summed E-state index contributed by atoms with van der Waals surface area (Å²) in [7, 11) is 0. The van der Waals surface area contributed by atoms with Crippen molar-refractivity contribution in [1.29, 1.82) is 5.26 Å². The first-order valence-corrected chi connectivity index (χ1v) is 10.3. The van der Waals surface area contributed by atoms with Crippen LogP contribution in [0.25, 0.3) is 16.8 Å². The van der Waals surface area contributed by atoms with E-state index >= 15 is 0 Å². The molecule has 29 heavy (non-hydrogen) atoms. The largest absolute Gasteiger partial charge is 0.370 e. The SMILES string of the molecule is CCCN(CCC)c1cc(C#N)c(=O)n2c(-c3c(C)cc(C)cc3C)cccc12. The van der Waals surface area contributed by atoms with E-state index in [1.807, 2.05) is 18.2 Å². The molecular formula is C25H29N3O. The van der Waals surface area contributed by atoms with Gasteiger partial charge >= 0.3 is 0 Å². The number of nitriles is 1. The molecule has 3 rings (SSSR count).